The van der Waals surface area contributed by atoms with Crippen LogP contribution in [0.3, 0.4) is 0 Å². The average molecular weight is 411 g/mol. The molecule has 6 heteroatoms. The number of nitrogens with zero attached hydrogens (tertiary/aromatic N) is 2. The van der Waals surface area contributed by atoms with Gasteiger partial charge in [-0.05, 0) is 44.7 Å². The summed E-state index contributed by atoms with van der Waals surface area (Å²) in [6, 6.07) is 4.10. The molecule has 30 heavy (non-hydrogen) atoms. The topological polar surface area (TPSA) is 63.0 Å². The van der Waals surface area contributed by atoms with Crippen molar-refractivity contribution in [3.05, 3.63) is 35.1 Å². The molecule has 0 radical (unpaired) electrons. The molecule has 0 N–H and O–H groups in total. The predicted octanol–water partition coefficient (Wildman–Crippen LogP) is 3.80. The SMILES string of the molecule is CCOc1cc2oc3c(c2cc1/C(C)=C/C(=O)N1CCN(C(C)=O)CC1)CCCC3. The minimum Gasteiger partial charge on any atom is -0.493 e. The van der Waals surface area contributed by atoms with Crippen LogP contribution in [0.2, 0.25) is 0 Å². The smallest absolute Gasteiger partial charge is 0.246 e. The van der Waals surface area contributed by atoms with Crippen LogP contribution in [0.1, 0.15) is 50.5 Å². The second-order valence-electron chi connectivity index (χ2n) is 8.15. The second kappa shape index (κ2) is 8.54. The fraction of sp³-hybridized carbons (Fsp3) is 0.500. The highest BCUT2D eigenvalue weighted by Gasteiger charge is 2.23. The summed E-state index contributed by atoms with van der Waals surface area (Å²) in [5, 5.41) is 1.14. The third kappa shape index (κ3) is 3.95. The maximum atomic E-state index is 12.9. The van der Waals surface area contributed by atoms with Crippen molar-refractivity contribution in [1.29, 1.82) is 0 Å². The van der Waals surface area contributed by atoms with Crippen LogP contribution >= 0.6 is 0 Å². The highest BCUT2D eigenvalue weighted by Crippen LogP contribution is 2.38. The number of carbonyl (C=O) groups is 2. The first-order valence-electron chi connectivity index (χ1n) is 10.9. The molecule has 1 aliphatic carbocycles. The molecule has 0 unspecified atom stereocenters. The molecule has 6 nitrogen and oxygen atoms in total. The lowest BCUT2D eigenvalue weighted by Crippen LogP contribution is -2.49. The van der Waals surface area contributed by atoms with Crippen LogP contribution < -0.4 is 4.74 Å². The number of furan rings is 1. The summed E-state index contributed by atoms with van der Waals surface area (Å²) < 4.78 is 12.0. The summed E-state index contributed by atoms with van der Waals surface area (Å²) in [7, 11) is 0. The number of piperazine rings is 1. The van der Waals surface area contributed by atoms with Crippen molar-refractivity contribution < 1.29 is 18.7 Å². The zero-order chi connectivity index (χ0) is 21.3. The summed E-state index contributed by atoms with van der Waals surface area (Å²) in [6.07, 6.45) is 6.08. The van der Waals surface area contributed by atoms with Gasteiger partial charge in [0, 0.05) is 68.2 Å². The fourth-order valence-corrected chi connectivity index (χ4v) is 4.47. The summed E-state index contributed by atoms with van der Waals surface area (Å²) in [5.41, 5.74) is 3.99. The zero-order valence-corrected chi connectivity index (χ0v) is 18.1. The number of ether oxygens (including phenoxy) is 1. The number of fused-ring (bicyclic) bond motifs is 3. The maximum absolute atomic E-state index is 12.9. The van der Waals surface area contributed by atoms with Gasteiger partial charge in [0.2, 0.25) is 11.8 Å². The van der Waals surface area contributed by atoms with Gasteiger partial charge in [0.15, 0.2) is 0 Å². The van der Waals surface area contributed by atoms with E-state index in [1.54, 1.807) is 17.9 Å². The lowest BCUT2D eigenvalue weighted by atomic mass is 9.94. The van der Waals surface area contributed by atoms with E-state index >= 15 is 0 Å². The molecule has 4 rings (SSSR count). The van der Waals surface area contributed by atoms with Gasteiger partial charge in [-0.25, -0.2) is 0 Å². The molecule has 1 aromatic heterocycles. The van der Waals surface area contributed by atoms with Crippen molar-refractivity contribution in [2.24, 2.45) is 0 Å². The maximum Gasteiger partial charge on any atom is 0.246 e. The van der Waals surface area contributed by atoms with Crippen LogP contribution in [0.5, 0.6) is 5.75 Å². The van der Waals surface area contributed by atoms with Gasteiger partial charge in [-0.1, -0.05) is 0 Å². The van der Waals surface area contributed by atoms with Crippen LogP contribution in [-0.2, 0) is 22.4 Å². The molecule has 2 aliphatic rings. The first-order valence-corrected chi connectivity index (χ1v) is 10.9. The van der Waals surface area contributed by atoms with Gasteiger partial charge in [-0.3, -0.25) is 9.59 Å². The molecular formula is C24H30N2O4. The van der Waals surface area contributed by atoms with E-state index in [0.29, 0.717) is 32.8 Å². The van der Waals surface area contributed by atoms with Crippen LogP contribution in [0.25, 0.3) is 16.5 Å². The normalized spacial score (nSPS) is 17.2. The number of hydrogen-bond acceptors (Lipinski definition) is 4. The van der Waals surface area contributed by atoms with Crippen molar-refractivity contribution in [2.45, 2.75) is 46.5 Å². The van der Waals surface area contributed by atoms with Crippen molar-refractivity contribution >= 4 is 28.4 Å². The van der Waals surface area contributed by atoms with Crippen LogP contribution in [-0.4, -0.2) is 54.4 Å². The number of hydrogen-bond donors (Lipinski definition) is 0. The zero-order valence-electron chi connectivity index (χ0n) is 18.1. The summed E-state index contributed by atoms with van der Waals surface area (Å²) in [6.45, 7) is 8.34. The summed E-state index contributed by atoms with van der Waals surface area (Å²) in [5.74, 6) is 1.88. The largest absolute Gasteiger partial charge is 0.493 e. The second-order valence-corrected chi connectivity index (χ2v) is 8.15. The molecular weight excluding hydrogens is 380 g/mol. The van der Waals surface area contributed by atoms with Crippen LogP contribution in [0.4, 0.5) is 0 Å². The Hall–Kier alpha value is -2.76. The lowest BCUT2D eigenvalue weighted by molar-refractivity contribution is -0.135. The van der Waals surface area contributed by atoms with Gasteiger partial charge in [0.1, 0.15) is 17.1 Å². The van der Waals surface area contributed by atoms with Crippen LogP contribution in [0, 0.1) is 0 Å². The quantitative estimate of drug-likeness (QED) is 0.719. The van der Waals surface area contributed by atoms with E-state index in [-0.39, 0.29) is 11.8 Å². The Morgan fingerprint density at radius 2 is 1.77 bits per heavy atom. The van der Waals surface area contributed by atoms with Crippen molar-refractivity contribution in [1.82, 2.24) is 9.80 Å². The average Bonchev–Trinajstić information content (AvgIpc) is 3.10. The van der Waals surface area contributed by atoms with Crippen molar-refractivity contribution in [3.63, 3.8) is 0 Å². The van der Waals surface area contributed by atoms with Gasteiger partial charge >= 0.3 is 0 Å². The lowest BCUT2D eigenvalue weighted by Gasteiger charge is -2.33. The monoisotopic (exact) mass is 410 g/mol. The molecule has 0 bridgehead atoms. The van der Waals surface area contributed by atoms with Gasteiger partial charge in [0.25, 0.3) is 0 Å². The predicted molar refractivity (Wildman–Crippen MR) is 117 cm³/mol. The number of aryl methyl sites for hydroxylation is 2. The Labute approximate surface area is 177 Å². The molecule has 2 amide bonds. The van der Waals surface area contributed by atoms with E-state index in [1.165, 1.54) is 18.4 Å². The van der Waals surface area contributed by atoms with Crippen LogP contribution in [0.15, 0.2) is 22.6 Å². The third-order valence-corrected chi connectivity index (χ3v) is 6.16. The molecule has 1 aromatic carbocycles. The van der Waals surface area contributed by atoms with E-state index in [2.05, 4.69) is 6.07 Å². The minimum atomic E-state index is -0.0209. The molecule has 160 valence electrons. The van der Waals surface area contributed by atoms with Crippen molar-refractivity contribution in [3.8, 4) is 5.75 Å². The Morgan fingerprint density at radius 3 is 2.47 bits per heavy atom. The van der Waals surface area contributed by atoms with E-state index in [0.717, 1.165) is 46.5 Å². The van der Waals surface area contributed by atoms with Gasteiger partial charge < -0.3 is 19.0 Å². The van der Waals surface area contributed by atoms with E-state index in [9.17, 15) is 9.59 Å². The van der Waals surface area contributed by atoms with Crippen molar-refractivity contribution in [2.75, 3.05) is 32.8 Å². The number of benzene rings is 1. The molecule has 0 saturated carbocycles. The molecule has 1 fully saturated rings. The molecule has 1 aliphatic heterocycles. The number of amides is 2. The molecule has 0 atom stereocenters. The van der Waals surface area contributed by atoms with E-state index in [4.69, 9.17) is 9.15 Å². The molecule has 2 aromatic rings. The van der Waals surface area contributed by atoms with Gasteiger partial charge in [-0.2, -0.15) is 0 Å². The Balaban J connectivity index is 1.62. The highest BCUT2D eigenvalue weighted by molar-refractivity contribution is 5.97. The first-order chi connectivity index (χ1) is 14.5. The molecule has 1 saturated heterocycles. The van der Waals surface area contributed by atoms with Gasteiger partial charge in [0.05, 0.1) is 6.61 Å². The standard InChI is InChI=1S/C24H30N2O4/c1-4-29-22-15-23-20(18-7-5-6-8-21(18)30-23)14-19(22)16(2)13-24(28)26-11-9-25(10-12-26)17(3)27/h13-15H,4-12H2,1-3H3/b16-13+. The number of rotatable bonds is 4. The highest BCUT2D eigenvalue weighted by atomic mass is 16.5. The van der Waals surface area contributed by atoms with E-state index < -0.39 is 0 Å². The van der Waals surface area contributed by atoms with E-state index in [1.807, 2.05) is 24.8 Å². The Kier molecular flexibility index (Phi) is 5.84. The molecule has 2 heterocycles. The fourth-order valence-electron chi connectivity index (χ4n) is 4.47. The minimum absolute atomic E-state index is 0.0209. The third-order valence-electron chi connectivity index (χ3n) is 6.16. The Bertz CT molecular complexity index is 996. The summed E-state index contributed by atoms with van der Waals surface area (Å²) >= 11 is 0. The molecule has 0 spiro atoms. The van der Waals surface area contributed by atoms with Gasteiger partial charge in [-0.15, -0.1) is 0 Å². The Morgan fingerprint density at radius 1 is 1.07 bits per heavy atom. The number of carbonyl (C=O) groups excluding carboxylic acids is 2. The summed E-state index contributed by atoms with van der Waals surface area (Å²) in [4.78, 5) is 28.0. The number of allylic oxidation sites excluding steroid dienone is 1. The first kappa shape index (κ1) is 20.5.